The van der Waals surface area contributed by atoms with Crippen LogP contribution in [0.25, 0.3) is 0 Å². The van der Waals surface area contributed by atoms with Gasteiger partial charge in [-0.05, 0) is 24.6 Å². The largest absolute Gasteiger partial charge is 0.347 e. The Kier molecular flexibility index (Phi) is 4.72. The summed E-state index contributed by atoms with van der Waals surface area (Å²) in [5.41, 5.74) is 0.241. The number of hydrogen-bond acceptors (Lipinski definition) is 2. The number of carbonyl (C=O) groups excluding carboxylic acids is 1. The molecule has 1 atom stereocenters. The Morgan fingerprint density at radius 2 is 1.78 bits per heavy atom. The van der Waals surface area contributed by atoms with E-state index in [2.05, 4.69) is 5.32 Å². The smallest absolute Gasteiger partial charge is 0.238 e. The molecule has 6 heteroatoms. The SMILES string of the molecule is CC(NCc1cc(F)c(F)c(F)c1)C(=O)N(C)C. The summed E-state index contributed by atoms with van der Waals surface area (Å²) in [6.07, 6.45) is 0. The van der Waals surface area contributed by atoms with Gasteiger partial charge >= 0.3 is 0 Å². The second-order valence-corrected chi connectivity index (χ2v) is 4.21. The molecule has 1 N–H and O–H groups in total. The second-order valence-electron chi connectivity index (χ2n) is 4.21. The molecular formula is C12H15F3N2O. The van der Waals surface area contributed by atoms with Crippen LogP contribution in [0.3, 0.4) is 0 Å². The summed E-state index contributed by atoms with van der Waals surface area (Å²) in [5.74, 6) is -4.12. The standard InChI is InChI=1S/C12H15F3N2O/c1-7(12(18)17(2)3)16-6-8-4-9(13)11(15)10(14)5-8/h4-5,7,16H,6H2,1-3H3. The fourth-order valence-corrected chi connectivity index (χ4v) is 1.46. The highest BCUT2D eigenvalue weighted by Gasteiger charge is 2.15. The van der Waals surface area contributed by atoms with E-state index < -0.39 is 23.5 Å². The van der Waals surface area contributed by atoms with Crippen molar-refractivity contribution in [1.82, 2.24) is 10.2 Å². The van der Waals surface area contributed by atoms with Crippen LogP contribution in [-0.2, 0) is 11.3 Å². The molecule has 0 radical (unpaired) electrons. The normalized spacial score (nSPS) is 12.3. The van der Waals surface area contributed by atoms with Crippen molar-refractivity contribution in [3.05, 3.63) is 35.1 Å². The molecule has 18 heavy (non-hydrogen) atoms. The zero-order valence-corrected chi connectivity index (χ0v) is 10.4. The Hall–Kier alpha value is -1.56. The molecule has 3 nitrogen and oxygen atoms in total. The van der Waals surface area contributed by atoms with Gasteiger partial charge in [-0.2, -0.15) is 0 Å². The number of hydrogen-bond donors (Lipinski definition) is 1. The molecule has 0 saturated heterocycles. The lowest BCUT2D eigenvalue weighted by Gasteiger charge is -2.18. The molecule has 0 aliphatic rings. The molecule has 1 amide bonds. The van der Waals surface area contributed by atoms with Crippen LogP contribution in [-0.4, -0.2) is 30.9 Å². The van der Waals surface area contributed by atoms with Crippen LogP contribution in [0.2, 0.25) is 0 Å². The van der Waals surface area contributed by atoms with Crippen LogP contribution >= 0.6 is 0 Å². The summed E-state index contributed by atoms with van der Waals surface area (Å²) in [5, 5.41) is 2.81. The summed E-state index contributed by atoms with van der Waals surface area (Å²) in [6.45, 7) is 1.72. The molecule has 1 unspecified atom stereocenters. The Bertz CT molecular complexity index is 426. The first-order chi connectivity index (χ1) is 8.32. The Morgan fingerprint density at radius 3 is 2.22 bits per heavy atom. The molecule has 0 bridgehead atoms. The van der Waals surface area contributed by atoms with Gasteiger partial charge in [0.15, 0.2) is 17.5 Å². The van der Waals surface area contributed by atoms with E-state index >= 15 is 0 Å². The number of halogens is 3. The minimum atomic E-state index is -1.49. The summed E-state index contributed by atoms with van der Waals surface area (Å²) >= 11 is 0. The second kappa shape index (κ2) is 5.86. The molecule has 0 heterocycles. The maximum atomic E-state index is 12.9. The van der Waals surface area contributed by atoms with E-state index in [9.17, 15) is 18.0 Å². The number of carbonyl (C=O) groups is 1. The molecule has 0 aliphatic heterocycles. The van der Waals surface area contributed by atoms with E-state index in [-0.39, 0.29) is 18.0 Å². The fraction of sp³-hybridized carbons (Fsp3) is 0.417. The van der Waals surface area contributed by atoms with E-state index in [1.165, 1.54) is 4.90 Å². The van der Waals surface area contributed by atoms with E-state index in [1.807, 2.05) is 0 Å². The van der Waals surface area contributed by atoms with E-state index in [4.69, 9.17) is 0 Å². The van der Waals surface area contributed by atoms with Gasteiger partial charge in [-0.3, -0.25) is 4.79 Å². The Morgan fingerprint density at radius 1 is 1.28 bits per heavy atom. The van der Waals surface area contributed by atoms with Crippen molar-refractivity contribution >= 4 is 5.91 Å². The molecular weight excluding hydrogens is 245 g/mol. The lowest BCUT2D eigenvalue weighted by Crippen LogP contribution is -2.41. The molecule has 0 spiro atoms. The molecule has 0 saturated carbocycles. The molecule has 100 valence electrons. The van der Waals surface area contributed by atoms with Gasteiger partial charge in [-0.25, -0.2) is 13.2 Å². The number of rotatable bonds is 4. The summed E-state index contributed by atoms with van der Waals surface area (Å²) in [7, 11) is 3.22. The van der Waals surface area contributed by atoms with Crippen molar-refractivity contribution < 1.29 is 18.0 Å². The number of nitrogens with zero attached hydrogens (tertiary/aromatic N) is 1. The van der Waals surface area contributed by atoms with Gasteiger partial charge in [0.05, 0.1) is 6.04 Å². The third-order valence-electron chi connectivity index (χ3n) is 2.47. The van der Waals surface area contributed by atoms with Gasteiger partial charge in [0.1, 0.15) is 0 Å². The number of amides is 1. The average molecular weight is 260 g/mol. The first-order valence-corrected chi connectivity index (χ1v) is 5.41. The lowest BCUT2D eigenvalue weighted by atomic mass is 10.2. The van der Waals surface area contributed by atoms with Gasteiger partial charge in [0.2, 0.25) is 5.91 Å². The third kappa shape index (κ3) is 3.46. The number of nitrogens with one attached hydrogen (secondary N) is 1. The lowest BCUT2D eigenvalue weighted by molar-refractivity contribution is -0.130. The first-order valence-electron chi connectivity index (χ1n) is 5.41. The molecule has 1 aromatic rings. The number of likely N-dealkylation sites (N-methyl/N-ethyl adjacent to an activating group) is 1. The van der Waals surface area contributed by atoms with Gasteiger partial charge in [0.25, 0.3) is 0 Å². The Balaban J connectivity index is 2.67. The topological polar surface area (TPSA) is 32.3 Å². The molecule has 1 aromatic carbocycles. The molecule has 1 rings (SSSR count). The minimum absolute atomic E-state index is 0.0782. The third-order valence-corrected chi connectivity index (χ3v) is 2.47. The van der Waals surface area contributed by atoms with Crippen molar-refractivity contribution in [2.45, 2.75) is 19.5 Å². The highest BCUT2D eigenvalue weighted by molar-refractivity contribution is 5.80. The van der Waals surface area contributed by atoms with Crippen molar-refractivity contribution in [1.29, 1.82) is 0 Å². The van der Waals surface area contributed by atoms with Gasteiger partial charge < -0.3 is 10.2 Å². The average Bonchev–Trinajstić information content (AvgIpc) is 2.31. The van der Waals surface area contributed by atoms with Crippen LogP contribution in [0.15, 0.2) is 12.1 Å². The minimum Gasteiger partial charge on any atom is -0.347 e. The van der Waals surface area contributed by atoms with Gasteiger partial charge in [-0.15, -0.1) is 0 Å². The van der Waals surface area contributed by atoms with E-state index in [0.29, 0.717) is 0 Å². The molecule has 0 fully saturated rings. The Labute approximate surface area is 104 Å². The highest BCUT2D eigenvalue weighted by Crippen LogP contribution is 2.13. The summed E-state index contributed by atoms with van der Waals surface area (Å²) < 4.78 is 38.6. The van der Waals surface area contributed by atoms with Crippen molar-refractivity contribution in [3.63, 3.8) is 0 Å². The highest BCUT2D eigenvalue weighted by atomic mass is 19.2. The fourth-order valence-electron chi connectivity index (χ4n) is 1.46. The van der Waals surface area contributed by atoms with Crippen molar-refractivity contribution in [2.75, 3.05) is 14.1 Å². The van der Waals surface area contributed by atoms with E-state index in [1.54, 1.807) is 21.0 Å². The predicted molar refractivity (Wildman–Crippen MR) is 61.3 cm³/mol. The van der Waals surface area contributed by atoms with Crippen LogP contribution < -0.4 is 5.32 Å². The zero-order chi connectivity index (χ0) is 13.9. The summed E-state index contributed by atoms with van der Waals surface area (Å²) in [6, 6.07) is 1.31. The maximum absolute atomic E-state index is 12.9. The predicted octanol–water partition coefficient (Wildman–Crippen LogP) is 1.67. The quantitative estimate of drug-likeness (QED) is 0.835. The van der Waals surface area contributed by atoms with E-state index in [0.717, 1.165) is 12.1 Å². The molecule has 0 aliphatic carbocycles. The monoisotopic (exact) mass is 260 g/mol. The van der Waals surface area contributed by atoms with Crippen LogP contribution in [0.4, 0.5) is 13.2 Å². The van der Waals surface area contributed by atoms with Crippen molar-refractivity contribution in [3.8, 4) is 0 Å². The van der Waals surface area contributed by atoms with Crippen molar-refractivity contribution in [2.24, 2.45) is 0 Å². The van der Waals surface area contributed by atoms with Crippen LogP contribution in [0.5, 0.6) is 0 Å². The van der Waals surface area contributed by atoms with Gasteiger partial charge in [0, 0.05) is 20.6 Å². The summed E-state index contributed by atoms with van der Waals surface area (Å²) in [4.78, 5) is 12.9. The van der Waals surface area contributed by atoms with Crippen LogP contribution in [0.1, 0.15) is 12.5 Å². The first kappa shape index (κ1) is 14.5. The van der Waals surface area contributed by atoms with Crippen LogP contribution in [0, 0.1) is 17.5 Å². The molecule has 0 aromatic heterocycles. The number of benzene rings is 1. The maximum Gasteiger partial charge on any atom is 0.238 e. The zero-order valence-electron chi connectivity index (χ0n) is 10.4. The van der Waals surface area contributed by atoms with Gasteiger partial charge in [-0.1, -0.05) is 0 Å².